The number of hydrogen-bond acceptors (Lipinski definition) is 6. The number of rotatable bonds is 14. The van der Waals surface area contributed by atoms with Crippen LogP contribution in [0.4, 0.5) is 4.79 Å². The Balaban J connectivity index is 0.00000316. The number of nitrogens with zero attached hydrogens (tertiary/aromatic N) is 1. The fourth-order valence-corrected chi connectivity index (χ4v) is 5.79. The number of hydrogen-bond donors (Lipinski definition) is 1. The molecule has 0 radical (unpaired) electrons. The van der Waals surface area contributed by atoms with Gasteiger partial charge in [0.05, 0.1) is 12.0 Å². The number of alkyl carbamates (subject to hydrolysis) is 1. The van der Waals surface area contributed by atoms with E-state index in [0.717, 1.165) is 16.9 Å². The predicted octanol–water partition coefficient (Wildman–Crippen LogP) is 7.23. The lowest BCUT2D eigenvalue weighted by Gasteiger charge is -2.27. The SMILES string of the molecule is CC.CCCN(CC[C@H](Cc1ccc(OCc2ccccc2)cc1)NC(=O)OC(C)(C)C)S(=O)(=O)c1ccc(OC)cc1. The third-order valence-electron chi connectivity index (χ3n) is 6.27. The van der Waals surface area contributed by atoms with Gasteiger partial charge in [-0.05, 0) is 87.6 Å². The molecule has 0 heterocycles. The predicted molar refractivity (Wildman–Crippen MR) is 172 cm³/mol. The molecule has 0 spiro atoms. The maximum Gasteiger partial charge on any atom is 0.407 e. The summed E-state index contributed by atoms with van der Waals surface area (Å²) in [7, 11) is -2.19. The Hall–Kier alpha value is -3.56. The first-order valence-electron chi connectivity index (χ1n) is 14.9. The molecule has 1 amide bonds. The second-order valence-electron chi connectivity index (χ2n) is 10.8. The third kappa shape index (κ3) is 12.3. The fraction of sp³-hybridized carbons (Fsp3) is 0.441. The molecule has 0 unspecified atom stereocenters. The van der Waals surface area contributed by atoms with Gasteiger partial charge in [0.1, 0.15) is 23.7 Å². The molecule has 0 saturated heterocycles. The number of sulfonamides is 1. The zero-order chi connectivity index (χ0) is 31.9. The van der Waals surface area contributed by atoms with E-state index in [1.54, 1.807) is 45.0 Å². The number of amides is 1. The minimum absolute atomic E-state index is 0.203. The van der Waals surface area contributed by atoms with Crippen molar-refractivity contribution in [2.45, 2.75) is 84.0 Å². The van der Waals surface area contributed by atoms with Crippen LogP contribution >= 0.6 is 0 Å². The third-order valence-corrected chi connectivity index (χ3v) is 8.18. The first-order chi connectivity index (χ1) is 20.5. The van der Waals surface area contributed by atoms with Crippen molar-refractivity contribution < 1.29 is 27.4 Å². The molecule has 0 aliphatic heterocycles. The second-order valence-corrected chi connectivity index (χ2v) is 12.8. The Bertz CT molecular complexity index is 1320. The van der Waals surface area contributed by atoms with Crippen molar-refractivity contribution in [3.63, 3.8) is 0 Å². The summed E-state index contributed by atoms with van der Waals surface area (Å²) in [6, 6.07) is 23.7. The van der Waals surface area contributed by atoms with E-state index in [4.69, 9.17) is 14.2 Å². The van der Waals surface area contributed by atoms with Crippen molar-refractivity contribution in [2.75, 3.05) is 20.2 Å². The molecule has 0 aromatic heterocycles. The van der Waals surface area contributed by atoms with Crippen molar-refractivity contribution in [3.8, 4) is 11.5 Å². The highest BCUT2D eigenvalue weighted by Gasteiger charge is 2.26. The van der Waals surface area contributed by atoms with Gasteiger partial charge in [0.15, 0.2) is 0 Å². The van der Waals surface area contributed by atoms with Gasteiger partial charge in [-0.3, -0.25) is 0 Å². The number of benzene rings is 3. The van der Waals surface area contributed by atoms with Gasteiger partial charge in [-0.1, -0.05) is 63.2 Å². The Morgan fingerprint density at radius 1 is 0.860 bits per heavy atom. The van der Waals surface area contributed by atoms with Gasteiger partial charge in [0, 0.05) is 19.1 Å². The van der Waals surface area contributed by atoms with Crippen molar-refractivity contribution in [3.05, 3.63) is 90.0 Å². The molecule has 0 bridgehead atoms. The summed E-state index contributed by atoms with van der Waals surface area (Å²) in [5, 5.41) is 2.96. The summed E-state index contributed by atoms with van der Waals surface area (Å²) in [6.45, 7) is 12.4. The van der Waals surface area contributed by atoms with Gasteiger partial charge in [-0.2, -0.15) is 4.31 Å². The summed E-state index contributed by atoms with van der Waals surface area (Å²) in [5.41, 5.74) is 1.41. The van der Waals surface area contributed by atoms with E-state index in [1.807, 2.05) is 75.4 Å². The monoisotopic (exact) mass is 612 g/mol. The molecule has 0 aliphatic rings. The number of ether oxygens (including phenoxy) is 3. The Labute approximate surface area is 258 Å². The fourth-order valence-electron chi connectivity index (χ4n) is 4.24. The van der Waals surface area contributed by atoms with Crippen LogP contribution in [-0.4, -0.2) is 50.7 Å². The maximum atomic E-state index is 13.5. The van der Waals surface area contributed by atoms with Crippen LogP contribution in [0.25, 0.3) is 0 Å². The van der Waals surface area contributed by atoms with Crippen LogP contribution < -0.4 is 14.8 Å². The van der Waals surface area contributed by atoms with Crippen LogP contribution in [0.5, 0.6) is 11.5 Å². The number of carbonyl (C=O) groups is 1. The molecule has 3 aromatic rings. The average molecular weight is 613 g/mol. The molecule has 0 aliphatic carbocycles. The Morgan fingerprint density at radius 3 is 2.02 bits per heavy atom. The zero-order valence-electron chi connectivity index (χ0n) is 26.6. The van der Waals surface area contributed by atoms with Crippen LogP contribution in [0.2, 0.25) is 0 Å². The van der Waals surface area contributed by atoms with E-state index in [9.17, 15) is 13.2 Å². The van der Waals surface area contributed by atoms with Crippen LogP contribution in [0, 0.1) is 0 Å². The van der Waals surface area contributed by atoms with Crippen LogP contribution in [0.1, 0.15) is 65.5 Å². The van der Waals surface area contributed by atoms with E-state index in [2.05, 4.69) is 5.32 Å². The molecular formula is C34H48N2O6S. The van der Waals surface area contributed by atoms with Gasteiger partial charge < -0.3 is 19.5 Å². The van der Waals surface area contributed by atoms with Crippen LogP contribution in [0.3, 0.4) is 0 Å². The minimum Gasteiger partial charge on any atom is -0.497 e. The molecular weight excluding hydrogens is 564 g/mol. The number of methoxy groups -OCH3 is 1. The van der Waals surface area contributed by atoms with E-state index in [-0.39, 0.29) is 17.5 Å². The summed E-state index contributed by atoms with van der Waals surface area (Å²) < 4.78 is 45.0. The topological polar surface area (TPSA) is 94.2 Å². The minimum atomic E-state index is -3.73. The van der Waals surface area contributed by atoms with Crippen LogP contribution in [-0.2, 0) is 27.8 Å². The van der Waals surface area contributed by atoms with Crippen molar-refractivity contribution in [1.82, 2.24) is 9.62 Å². The Morgan fingerprint density at radius 2 is 1.47 bits per heavy atom. The lowest BCUT2D eigenvalue weighted by molar-refractivity contribution is 0.0500. The largest absolute Gasteiger partial charge is 0.497 e. The average Bonchev–Trinajstić information content (AvgIpc) is 2.99. The molecule has 3 aromatic carbocycles. The summed E-state index contributed by atoms with van der Waals surface area (Å²) >= 11 is 0. The first-order valence-corrected chi connectivity index (χ1v) is 16.3. The van der Waals surface area contributed by atoms with Gasteiger partial charge in [-0.15, -0.1) is 0 Å². The van der Waals surface area contributed by atoms with E-state index >= 15 is 0 Å². The normalized spacial score (nSPS) is 12.1. The molecule has 1 N–H and O–H groups in total. The molecule has 9 heteroatoms. The van der Waals surface area contributed by atoms with Gasteiger partial charge in [-0.25, -0.2) is 13.2 Å². The highest BCUT2D eigenvalue weighted by molar-refractivity contribution is 7.89. The molecule has 3 rings (SSSR count). The molecule has 1 atom stereocenters. The molecule has 0 fully saturated rings. The van der Waals surface area contributed by atoms with Crippen LogP contribution in [0.15, 0.2) is 83.8 Å². The first kappa shape index (κ1) is 35.6. The number of carbonyl (C=O) groups excluding carboxylic acids is 1. The standard InChI is InChI=1S/C32H42N2O6S.C2H6/c1-6-21-34(41(36,37)30-18-16-28(38-5)17-19-30)22-20-27(33-31(35)40-32(2,3)4)23-25-12-14-29(15-13-25)39-24-26-10-8-7-9-11-26;1-2/h7-19,27H,6,20-24H2,1-5H3,(H,33,35);1-2H3/t27-;/m1./s1. The van der Waals surface area contributed by atoms with Gasteiger partial charge in [0.25, 0.3) is 0 Å². The lowest BCUT2D eigenvalue weighted by atomic mass is 10.0. The molecule has 236 valence electrons. The van der Waals surface area contributed by atoms with E-state index < -0.39 is 21.7 Å². The van der Waals surface area contributed by atoms with E-state index in [1.165, 1.54) is 11.4 Å². The highest BCUT2D eigenvalue weighted by atomic mass is 32.2. The second kappa shape index (κ2) is 17.5. The summed E-state index contributed by atoms with van der Waals surface area (Å²) in [6.07, 6.45) is 1.02. The Kier molecular flexibility index (Phi) is 14.5. The summed E-state index contributed by atoms with van der Waals surface area (Å²) in [4.78, 5) is 12.9. The van der Waals surface area contributed by atoms with Crippen molar-refractivity contribution in [2.24, 2.45) is 0 Å². The molecule has 0 saturated carbocycles. The smallest absolute Gasteiger partial charge is 0.407 e. The van der Waals surface area contributed by atoms with Crippen molar-refractivity contribution in [1.29, 1.82) is 0 Å². The van der Waals surface area contributed by atoms with Crippen molar-refractivity contribution >= 4 is 16.1 Å². The molecule has 8 nitrogen and oxygen atoms in total. The van der Waals surface area contributed by atoms with Gasteiger partial charge in [0.2, 0.25) is 10.0 Å². The maximum absolute atomic E-state index is 13.5. The lowest BCUT2D eigenvalue weighted by Crippen LogP contribution is -2.43. The highest BCUT2D eigenvalue weighted by Crippen LogP contribution is 2.21. The van der Waals surface area contributed by atoms with E-state index in [0.29, 0.717) is 38.2 Å². The molecule has 43 heavy (non-hydrogen) atoms. The quantitative estimate of drug-likeness (QED) is 0.207. The zero-order valence-corrected chi connectivity index (χ0v) is 27.4. The summed E-state index contributed by atoms with van der Waals surface area (Å²) in [5.74, 6) is 1.33. The van der Waals surface area contributed by atoms with Gasteiger partial charge >= 0.3 is 6.09 Å². The number of nitrogens with one attached hydrogen (secondary N) is 1.